The second-order valence-corrected chi connectivity index (χ2v) is 11.4. The van der Waals surface area contributed by atoms with Crippen molar-refractivity contribution in [2.24, 2.45) is 11.3 Å². The molecule has 4 aromatic rings. The number of carbonyl (C=O) groups excluding carboxylic acids is 3. The highest BCUT2D eigenvalue weighted by molar-refractivity contribution is 7.20. The summed E-state index contributed by atoms with van der Waals surface area (Å²) in [6, 6.07) is 18.6. The van der Waals surface area contributed by atoms with E-state index in [-0.39, 0.29) is 29.2 Å². The van der Waals surface area contributed by atoms with Crippen LogP contribution in [0.25, 0.3) is 21.0 Å². The minimum Gasteiger partial charge on any atom is -0.352 e. The van der Waals surface area contributed by atoms with Crippen LogP contribution in [0.4, 0.5) is 0 Å². The molecule has 0 radical (unpaired) electrons. The summed E-state index contributed by atoms with van der Waals surface area (Å²) in [5.74, 6) is -0.176. The SMILES string of the molecule is C[C@H](NC(=O)c1cc2ccccc2[nH]1)C(=O)NCC1C2C[C@@]2(C)CN1C(=O)c1cc2ccccc2s1. The van der Waals surface area contributed by atoms with Crippen LogP contribution in [0, 0.1) is 11.3 Å². The highest BCUT2D eigenvalue weighted by Crippen LogP contribution is 2.60. The van der Waals surface area contributed by atoms with Crippen molar-refractivity contribution >= 4 is 50.0 Å². The molecule has 0 bridgehead atoms. The molecule has 8 heteroatoms. The second kappa shape index (κ2) is 8.48. The summed E-state index contributed by atoms with van der Waals surface area (Å²) in [7, 11) is 0. The average molecular weight is 501 g/mol. The average Bonchev–Trinajstić information content (AvgIpc) is 3.24. The van der Waals surface area contributed by atoms with Crippen LogP contribution in [-0.4, -0.2) is 52.8 Å². The van der Waals surface area contributed by atoms with E-state index in [2.05, 4.69) is 22.5 Å². The van der Waals surface area contributed by atoms with Gasteiger partial charge < -0.3 is 20.5 Å². The Kier molecular flexibility index (Phi) is 5.37. The summed E-state index contributed by atoms with van der Waals surface area (Å²) < 4.78 is 1.10. The van der Waals surface area contributed by atoms with Crippen molar-refractivity contribution in [1.29, 1.82) is 0 Å². The molecule has 1 saturated heterocycles. The number of likely N-dealkylation sites (tertiary alicyclic amines) is 1. The number of rotatable bonds is 6. The van der Waals surface area contributed by atoms with Gasteiger partial charge in [-0.1, -0.05) is 43.3 Å². The van der Waals surface area contributed by atoms with Crippen molar-refractivity contribution in [2.45, 2.75) is 32.4 Å². The van der Waals surface area contributed by atoms with E-state index in [9.17, 15) is 14.4 Å². The van der Waals surface area contributed by atoms with Crippen molar-refractivity contribution in [3.63, 3.8) is 0 Å². The van der Waals surface area contributed by atoms with Crippen LogP contribution in [-0.2, 0) is 4.79 Å². The summed E-state index contributed by atoms with van der Waals surface area (Å²) in [5.41, 5.74) is 1.41. The molecule has 6 rings (SSSR count). The second-order valence-electron chi connectivity index (χ2n) is 10.3. The van der Waals surface area contributed by atoms with Gasteiger partial charge in [0.15, 0.2) is 0 Å². The van der Waals surface area contributed by atoms with Gasteiger partial charge in [0.1, 0.15) is 11.7 Å². The lowest BCUT2D eigenvalue weighted by Gasteiger charge is -2.28. The Morgan fingerprint density at radius 2 is 1.86 bits per heavy atom. The maximum absolute atomic E-state index is 13.5. The Hall–Kier alpha value is -3.65. The molecule has 36 heavy (non-hydrogen) atoms. The lowest BCUT2D eigenvalue weighted by atomic mass is 10.1. The molecule has 0 spiro atoms. The van der Waals surface area contributed by atoms with E-state index >= 15 is 0 Å². The summed E-state index contributed by atoms with van der Waals surface area (Å²) in [5, 5.41) is 7.78. The van der Waals surface area contributed by atoms with E-state index in [4.69, 9.17) is 0 Å². The Balaban J connectivity index is 1.10. The summed E-state index contributed by atoms with van der Waals surface area (Å²) in [6.45, 7) is 4.97. The number of fused-ring (bicyclic) bond motifs is 3. The van der Waals surface area contributed by atoms with Gasteiger partial charge in [-0.2, -0.15) is 0 Å². The van der Waals surface area contributed by atoms with E-state index in [1.54, 1.807) is 13.0 Å². The van der Waals surface area contributed by atoms with Crippen molar-refractivity contribution in [3.8, 4) is 0 Å². The first-order valence-electron chi connectivity index (χ1n) is 12.3. The van der Waals surface area contributed by atoms with Crippen LogP contribution in [0.3, 0.4) is 0 Å². The van der Waals surface area contributed by atoms with Gasteiger partial charge in [-0.25, -0.2) is 0 Å². The molecular weight excluding hydrogens is 472 g/mol. The van der Waals surface area contributed by atoms with Crippen LogP contribution >= 0.6 is 11.3 Å². The number of H-pyrrole nitrogens is 1. The number of aromatic nitrogens is 1. The molecule has 3 heterocycles. The van der Waals surface area contributed by atoms with Crippen molar-refractivity contribution < 1.29 is 14.4 Å². The Labute approximate surface area is 212 Å². The number of thiophene rings is 1. The van der Waals surface area contributed by atoms with Crippen LogP contribution in [0.5, 0.6) is 0 Å². The van der Waals surface area contributed by atoms with Gasteiger partial charge in [0.25, 0.3) is 11.8 Å². The lowest BCUT2D eigenvalue weighted by molar-refractivity contribution is -0.122. The van der Waals surface area contributed by atoms with Gasteiger partial charge >= 0.3 is 0 Å². The van der Waals surface area contributed by atoms with E-state index in [0.717, 1.165) is 32.3 Å². The van der Waals surface area contributed by atoms with E-state index in [0.29, 0.717) is 24.7 Å². The Morgan fingerprint density at radius 1 is 1.11 bits per heavy atom. The molecule has 3 amide bonds. The van der Waals surface area contributed by atoms with Gasteiger partial charge in [0, 0.05) is 28.7 Å². The minimum absolute atomic E-state index is 0.0315. The van der Waals surface area contributed by atoms with Crippen LogP contribution in [0.2, 0.25) is 0 Å². The van der Waals surface area contributed by atoms with Gasteiger partial charge in [-0.15, -0.1) is 11.3 Å². The van der Waals surface area contributed by atoms with Gasteiger partial charge in [-0.05, 0) is 54.3 Å². The topological polar surface area (TPSA) is 94.3 Å². The number of para-hydroxylation sites is 1. The zero-order valence-corrected chi connectivity index (χ0v) is 21.0. The molecule has 3 N–H and O–H groups in total. The van der Waals surface area contributed by atoms with Crippen LogP contribution in [0.1, 0.15) is 40.4 Å². The summed E-state index contributed by atoms with van der Waals surface area (Å²) >= 11 is 1.52. The number of piperidine rings is 1. The monoisotopic (exact) mass is 500 g/mol. The highest BCUT2D eigenvalue weighted by Gasteiger charge is 2.62. The molecule has 2 fully saturated rings. The molecule has 2 aromatic heterocycles. The van der Waals surface area contributed by atoms with E-state index < -0.39 is 6.04 Å². The Morgan fingerprint density at radius 3 is 2.64 bits per heavy atom. The van der Waals surface area contributed by atoms with E-state index in [1.807, 2.05) is 59.5 Å². The Bertz CT molecular complexity index is 1440. The summed E-state index contributed by atoms with van der Waals surface area (Å²) in [6.07, 6.45) is 1.07. The number of hydrogen-bond donors (Lipinski definition) is 3. The maximum atomic E-state index is 13.5. The third-order valence-corrected chi connectivity index (χ3v) is 8.82. The molecule has 1 saturated carbocycles. The molecule has 7 nitrogen and oxygen atoms in total. The fourth-order valence-corrected chi connectivity index (χ4v) is 6.57. The van der Waals surface area contributed by atoms with Crippen molar-refractivity contribution in [3.05, 3.63) is 71.2 Å². The number of carbonyl (C=O) groups is 3. The number of aromatic amines is 1. The van der Waals surface area contributed by atoms with Crippen molar-refractivity contribution in [2.75, 3.05) is 13.1 Å². The van der Waals surface area contributed by atoms with E-state index in [1.165, 1.54) is 11.3 Å². The number of nitrogens with one attached hydrogen (secondary N) is 3. The molecule has 4 atom stereocenters. The van der Waals surface area contributed by atoms with Crippen LogP contribution < -0.4 is 10.6 Å². The van der Waals surface area contributed by atoms with Gasteiger partial charge in [-0.3, -0.25) is 14.4 Å². The molecule has 184 valence electrons. The first-order chi connectivity index (χ1) is 17.3. The standard InChI is InChI=1S/C28H28N4O3S/c1-16(30-26(34)21-11-17-7-3-5-9-20(17)31-21)25(33)29-14-22-19-13-28(19,2)15-32(22)27(35)24-12-18-8-4-6-10-23(18)36-24/h3-12,16,19,22,31H,13-15H2,1-2H3,(H,29,33)(H,30,34)/t16-,19?,22?,28-/m0/s1. The summed E-state index contributed by atoms with van der Waals surface area (Å²) in [4.78, 5) is 44.8. The predicted molar refractivity (Wildman–Crippen MR) is 141 cm³/mol. The molecule has 1 aliphatic carbocycles. The molecule has 2 unspecified atom stereocenters. The van der Waals surface area contributed by atoms with Gasteiger partial charge in [0.05, 0.1) is 10.9 Å². The third kappa shape index (κ3) is 3.95. The maximum Gasteiger partial charge on any atom is 0.268 e. The number of nitrogens with zero attached hydrogens (tertiary/aromatic N) is 1. The minimum atomic E-state index is -0.706. The molecule has 1 aliphatic heterocycles. The van der Waals surface area contributed by atoms with Crippen LogP contribution in [0.15, 0.2) is 60.7 Å². The smallest absolute Gasteiger partial charge is 0.268 e. The largest absolute Gasteiger partial charge is 0.352 e. The third-order valence-electron chi connectivity index (χ3n) is 7.72. The zero-order valence-electron chi connectivity index (χ0n) is 20.2. The van der Waals surface area contributed by atoms with Crippen molar-refractivity contribution in [1.82, 2.24) is 20.5 Å². The first-order valence-corrected chi connectivity index (χ1v) is 13.1. The van der Waals surface area contributed by atoms with Gasteiger partial charge in [0.2, 0.25) is 5.91 Å². The first kappa shape index (κ1) is 22.8. The quantitative estimate of drug-likeness (QED) is 0.371. The molecular formula is C28H28N4O3S. The normalized spacial score (nSPS) is 23.4. The predicted octanol–water partition coefficient (Wildman–Crippen LogP) is 4.17. The molecule has 2 aliphatic rings. The number of hydrogen-bond acceptors (Lipinski definition) is 4. The fourth-order valence-electron chi connectivity index (χ4n) is 5.55. The number of amides is 3. The zero-order chi connectivity index (χ0) is 25.0. The lowest BCUT2D eigenvalue weighted by Crippen LogP contribution is -2.50. The number of benzene rings is 2. The molecule has 2 aromatic carbocycles. The highest BCUT2D eigenvalue weighted by atomic mass is 32.1. The fraction of sp³-hybridized carbons (Fsp3) is 0.321.